The average molecular weight is 293 g/mol. The second kappa shape index (κ2) is 7.61. The molecule has 21 heavy (non-hydrogen) atoms. The summed E-state index contributed by atoms with van der Waals surface area (Å²) in [5.74, 6) is 1.48. The van der Waals surface area contributed by atoms with E-state index < -0.39 is 0 Å². The Morgan fingerprint density at radius 3 is 2.76 bits per heavy atom. The summed E-state index contributed by atoms with van der Waals surface area (Å²) in [6.45, 7) is 7.40. The summed E-state index contributed by atoms with van der Waals surface area (Å²) in [4.78, 5) is 6.93. The molecular formula is C16H27N3O2. The second-order valence-corrected chi connectivity index (χ2v) is 5.81. The number of aromatic nitrogens is 1. The first-order valence-electron chi connectivity index (χ1n) is 7.69. The molecule has 1 aliphatic rings. The average Bonchev–Trinajstić information content (AvgIpc) is 2.99. The molecule has 0 saturated carbocycles. The monoisotopic (exact) mass is 293 g/mol. The van der Waals surface area contributed by atoms with Crippen molar-refractivity contribution in [3.63, 3.8) is 0 Å². The van der Waals surface area contributed by atoms with Crippen LogP contribution in [0.2, 0.25) is 0 Å². The summed E-state index contributed by atoms with van der Waals surface area (Å²) >= 11 is 0. The molecule has 0 spiro atoms. The van der Waals surface area contributed by atoms with Gasteiger partial charge in [0.1, 0.15) is 5.69 Å². The van der Waals surface area contributed by atoms with E-state index in [1.54, 1.807) is 20.4 Å². The quantitative estimate of drug-likeness (QED) is 0.834. The van der Waals surface area contributed by atoms with Gasteiger partial charge in [0.25, 0.3) is 0 Å². The van der Waals surface area contributed by atoms with Crippen molar-refractivity contribution in [3.05, 3.63) is 18.0 Å². The fraction of sp³-hybridized carbons (Fsp3) is 0.688. The van der Waals surface area contributed by atoms with Gasteiger partial charge in [-0.2, -0.15) is 0 Å². The Morgan fingerprint density at radius 2 is 2.19 bits per heavy atom. The molecule has 118 valence electrons. The Kier molecular flexibility index (Phi) is 5.82. The van der Waals surface area contributed by atoms with E-state index in [0.717, 1.165) is 36.8 Å². The van der Waals surface area contributed by atoms with Crippen LogP contribution in [-0.2, 0) is 6.54 Å². The van der Waals surface area contributed by atoms with Gasteiger partial charge in [-0.15, -0.1) is 0 Å². The molecule has 5 nitrogen and oxygen atoms in total. The van der Waals surface area contributed by atoms with Crippen LogP contribution in [0, 0.1) is 0 Å². The van der Waals surface area contributed by atoms with Crippen molar-refractivity contribution in [1.82, 2.24) is 15.2 Å². The Bertz CT molecular complexity index is 445. The molecule has 0 aliphatic carbocycles. The van der Waals surface area contributed by atoms with Crippen LogP contribution < -0.4 is 14.8 Å². The number of methoxy groups -OCH3 is 2. The molecular weight excluding hydrogens is 266 g/mol. The molecule has 1 fully saturated rings. The summed E-state index contributed by atoms with van der Waals surface area (Å²) in [7, 11) is 3.32. The maximum absolute atomic E-state index is 5.49. The maximum Gasteiger partial charge on any atom is 0.183 e. The summed E-state index contributed by atoms with van der Waals surface area (Å²) in [5.41, 5.74) is 0.934. The summed E-state index contributed by atoms with van der Waals surface area (Å²) in [6.07, 6.45) is 4.31. The lowest BCUT2D eigenvalue weighted by Gasteiger charge is -2.29. The van der Waals surface area contributed by atoms with E-state index in [0.29, 0.717) is 12.1 Å². The van der Waals surface area contributed by atoms with Crippen molar-refractivity contribution in [2.24, 2.45) is 0 Å². The number of hydrogen-bond acceptors (Lipinski definition) is 5. The predicted molar refractivity (Wildman–Crippen MR) is 83.9 cm³/mol. The van der Waals surface area contributed by atoms with Crippen LogP contribution in [0.4, 0.5) is 0 Å². The maximum atomic E-state index is 5.49. The first-order chi connectivity index (χ1) is 10.2. The first kappa shape index (κ1) is 16.0. The zero-order chi connectivity index (χ0) is 15.2. The van der Waals surface area contributed by atoms with Crippen molar-refractivity contribution in [3.8, 4) is 11.5 Å². The van der Waals surface area contributed by atoms with Crippen LogP contribution in [0.25, 0.3) is 0 Å². The molecule has 0 amide bonds. The van der Waals surface area contributed by atoms with Gasteiger partial charge < -0.3 is 14.8 Å². The van der Waals surface area contributed by atoms with Crippen LogP contribution in [0.3, 0.4) is 0 Å². The molecule has 1 aliphatic heterocycles. The van der Waals surface area contributed by atoms with E-state index in [4.69, 9.17) is 9.47 Å². The van der Waals surface area contributed by atoms with E-state index in [9.17, 15) is 0 Å². The smallest absolute Gasteiger partial charge is 0.183 e. The van der Waals surface area contributed by atoms with E-state index in [-0.39, 0.29) is 0 Å². The van der Waals surface area contributed by atoms with Crippen LogP contribution >= 0.6 is 0 Å². The topological polar surface area (TPSA) is 46.6 Å². The lowest BCUT2D eigenvalue weighted by atomic mass is 10.1. The number of hydrogen-bond donors (Lipinski definition) is 1. The second-order valence-electron chi connectivity index (χ2n) is 5.81. The number of pyridine rings is 1. The predicted octanol–water partition coefficient (Wildman–Crippen LogP) is 2.06. The molecule has 1 atom stereocenters. The largest absolute Gasteiger partial charge is 0.493 e. The number of nitrogens with zero attached hydrogens (tertiary/aromatic N) is 2. The molecule has 1 saturated heterocycles. The third-order valence-electron chi connectivity index (χ3n) is 4.07. The SMILES string of the molecule is COc1ccnc(CN(CC2CCCN2)C(C)C)c1OC. The minimum atomic E-state index is 0.463. The van der Waals surface area contributed by atoms with Gasteiger partial charge in [-0.05, 0) is 33.2 Å². The van der Waals surface area contributed by atoms with Gasteiger partial charge >= 0.3 is 0 Å². The lowest BCUT2D eigenvalue weighted by molar-refractivity contribution is 0.188. The fourth-order valence-electron chi connectivity index (χ4n) is 2.81. The van der Waals surface area contributed by atoms with Gasteiger partial charge in [-0.1, -0.05) is 0 Å². The zero-order valence-electron chi connectivity index (χ0n) is 13.6. The summed E-state index contributed by atoms with van der Waals surface area (Å²) < 4.78 is 10.8. The summed E-state index contributed by atoms with van der Waals surface area (Å²) in [6, 6.07) is 2.88. The highest BCUT2D eigenvalue weighted by Crippen LogP contribution is 2.30. The highest BCUT2D eigenvalue weighted by molar-refractivity contribution is 5.42. The fourth-order valence-corrected chi connectivity index (χ4v) is 2.81. The highest BCUT2D eigenvalue weighted by Gasteiger charge is 2.22. The molecule has 0 bridgehead atoms. The standard InChI is InChI=1S/C16H27N3O2/c1-12(2)19(10-13-6-5-8-17-13)11-14-16(21-4)15(20-3)7-9-18-14/h7,9,12-13,17H,5-6,8,10-11H2,1-4H3. The van der Waals surface area contributed by atoms with E-state index in [1.807, 2.05) is 6.07 Å². The molecule has 1 aromatic heterocycles. The lowest BCUT2D eigenvalue weighted by Crippen LogP contribution is -2.41. The van der Waals surface area contributed by atoms with Gasteiger partial charge in [0.2, 0.25) is 0 Å². The zero-order valence-corrected chi connectivity index (χ0v) is 13.6. The van der Waals surface area contributed by atoms with Gasteiger partial charge in [0, 0.05) is 37.4 Å². The first-order valence-corrected chi connectivity index (χ1v) is 7.69. The van der Waals surface area contributed by atoms with Gasteiger partial charge in [0.05, 0.1) is 14.2 Å². The van der Waals surface area contributed by atoms with Crippen molar-refractivity contribution in [2.45, 2.75) is 45.3 Å². The molecule has 1 unspecified atom stereocenters. The molecule has 1 N–H and O–H groups in total. The number of nitrogens with one attached hydrogen (secondary N) is 1. The highest BCUT2D eigenvalue weighted by atomic mass is 16.5. The van der Waals surface area contributed by atoms with Crippen molar-refractivity contribution in [2.75, 3.05) is 27.3 Å². The van der Waals surface area contributed by atoms with E-state index >= 15 is 0 Å². The van der Waals surface area contributed by atoms with Crippen LogP contribution in [0.5, 0.6) is 11.5 Å². The minimum absolute atomic E-state index is 0.463. The molecule has 0 radical (unpaired) electrons. The van der Waals surface area contributed by atoms with Crippen LogP contribution in [0.1, 0.15) is 32.4 Å². The third-order valence-corrected chi connectivity index (χ3v) is 4.07. The van der Waals surface area contributed by atoms with Gasteiger partial charge in [0.15, 0.2) is 11.5 Å². The molecule has 0 aromatic carbocycles. The molecule has 2 rings (SSSR count). The Morgan fingerprint density at radius 1 is 1.38 bits per heavy atom. The third kappa shape index (κ3) is 4.08. The Balaban J connectivity index is 2.12. The van der Waals surface area contributed by atoms with Crippen LogP contribution in [0.15, 0.2) is 12.3 Å². The van der Waals surface area contributed by atoms with Gasteiger partial charge in [-0.3, -0.25) is 9.88 Å². The number of rotatable bonds is 7. The van der Waals surface area contributed by atoms with Crippen molar-refractivity contribution in [1.29, 1.82) is 0 Å². The van der Waals surface area contributed by atoms with Crippen molar-refractivity contribution >= 4 is 0 Å². The van der Waals surface area contributed by atoms with Crippen LogP contribution in [-0.4, -0.2) is 49.3 Å². The molecule has 2 heterocycles. The van der Waals surface area contributed by atoms with E-state index in [1.165, 1.54) is 12.8 Å². The Labute approximate surface area is 127 Å². The van der Waals surface area contributed by atoms with Crippen molar-refractivity contribution < 1.29 is 9.47 Å². The number of ether oxygens (including phenoxy) is 2. The summed E-state index contributed by atoms with van der Waals surface area (Å²) in [5, 5.41) is 3.56. The normalized spacial score (nSPS) is 18.5. The van der Waals surface area contributed by atoms with Gasteiger partial charge in [-0.25, -0.2) is 0 Å². The Hall–Kier alpha value is -1.33. The molecule has 1 aromatic rings. The minimum Gasteiger partial charge on any atom is -0.493 e. The molecule has 5 heteroatoms. The van der Waals surface area contributed by atoms with E-state index in [2.05, 4.69) is 29.0 Å².